The average Bonchev–Trinajstić information content (AvgIpc) is 3.16. The van der Waals surface area contributed by atoms with E-state index in [0.717, 1.165) is 29.4 Å². The fourth-order valence-corrected chi connectivity index (χ4v) is 4.49. The molecule has 10 heteroatoms. The average molecular weight is 581 g/mol. The topological polar surface area (TPSA) is 106 Å². The Labute approximate surface area is 248 Å². The van der Waals surface area contributed by atoms with Crippen molar-refractivity contribution in [1.29, 1.82) is 0 Å². The number of carbonyl (C=O) groups excluding carboxylic acids is 3. The zero-order chi connectivity index (χ0) is 30.4. The third-order valence-corrected chi connectivity index (χ3v) is 6.65. The number of halogens is 1. The number of rotatable bonds is 11. The van der Waals surface area contributed by atoms with Gasteiger partial charge in [0.15, 0.2) is 6.29 Å². The van der Waals surface area contributed by atoms with Crippen LogP contribution in [-0.2, 0) is 9.59 Å². The van der Waals surface area contributed by atoms with Gasteiger partial charge in [-0.25, -0.2) is 0 Å². The monoisotopic (exact) mass is 580 g/mol. The molecule has 1 heterocycles. The first kappa shape index (κ1) is 33.4. The zero-order valence-corrected chi connectivity index (χ0v) is 25.6. The number of hydrazone groups is 1. The summed E-state index contributed by atoms with van der Waals surface area (Å²) in [6.07, 6.45) is 7.80. The van der Waals surface area contributed by atoms with E-state index in [-0.39, 0.29) is 12.5 Å². The van der Waals surface area contributed by atoms with Crippen LogP contribution < -0.4 is 10.6 Å². The Morgan fingerprint density at radius 3 is 2.34 bits per heavy atom. The van der Waals surface area contributed by atoms with Crippen LogP contribution in [0.5, 0.6) is 0 Å². The fourth-order valence-electron chi connectivity index (χ4n) is 4.21. The van der Waals surface area contributed by atoms with Gasteiger partial charge in [-0.3, -0.25) is 24.4 Å². The van der Waals surface area contributed by atoms with Crippen molar-refractivity contribution in [2.24, 2.45) is 10.1 Å². The summed E-state index contributed by atoms with van der Waals surface area (Å²) >= 11 is 6.58. The normalized spacial score (nSPS) is 13.5. The third-order valence-electron chi connectivity index (χ3n) is 6.33. The summed E-state index contributed by atoms with van der Waals surface area (Å²) < 4.78 is 0. The largest absolute Gasteiger partial charge is 0.358 e. The summed E-state index contributed by atoms with van der Waals surface area (Å²) in [6.45, 7) is 7.01. The third kappa shape index (κ3) is 10.3. The first-order valence-electron chi connectivity index (χ1n) is 13.6. The van der Waals surface area contributed by atoms with E-state index in [1.54, 1.807) is 39.5 Å². The van der Waals surface area contributed by atoms with Crippen molar-refractivity contribution in [2.45, 2.75) is 33.1 Å². The van der Waals surface area contributed by atoms with E-state index in [0.29, 0.717) is 39.5 Å². The summed E-state index contributed by atoms with van der Waals surface area (Å²) in [4.78, 5) is 41.0. The Bertz CT molecular complexity index is 1300. The maximum atomic E-state index is 11.5. The van der Waals surface area contributed by atoms with E-state index in [1.165, 1.54) is 30.9 Å². The minimum atomic E-state index is -0.173. The molecular formula is C31H41ClN6O3. The molecule has 0 spiro atoms. The van der Waals surface area contributed by atoms with Gasteiger partial charge in [-0.15, -0.1) is 0 Å². The van der Waals surface area contributed by atoms with Crippen molar-refractivity contribution in [3.63, 3.8) is 0 Å². The number of amidine groups is 1. The molecule has 9 nitrogen and oxygen atoms in total. The molecule has 0 bridgehead atoms. The summed E-state index contributed by atoms with van der Waals surface area (Å²) in [5.41, 5.74) is 4.72. The van der Waals surface area contributed by atoms with Crippen LogP contribution in [0.1, 0.15) is 54.6 Å². The first-order valence-corrected chi connectivity index (χ1v) is 14.0. The Hall–Kier alpha value is -3.82. The van der Waals surface area contributed by atoms with Crippen molar-refractivity contribution in [3.8, 4) is 11.1 Å². The molecule has 2 N–H and O–H groups in total. The van der Waals surface area contributed by atoms with Crippen LogP contribution in [0.4, 0.5) is 5.69 Å². The molecule has 0 unspecified atom stereocenters. The van der Waals surface area contributed by atoms with Crippen LogP contribution in [0.2, 0.25) is 5.02 Å². The predicted octanol–water partition coefficient (Wildman–Crippen LogP) is 5.00. The SMILES string of the molecule is CCCN(C)CCC.CN=C1CC(C=O)=Cc2c(Cl)cc(-c3ccc(C=O)c(/C=N\N(C)CC(=O)NC)c3)cc2N1. The van der Waals surface area contributed by atoms with E-state index in [2.05, 4.69) is 46.5 Å². The molecule has 0 fully saturated rings. The number of hydrogen-bond donors (Lipinski definition) is 2. The van der Waals surface area contributed by atoms with Gasteiger partial charge in [0, 0.05) is 55.5 Å². The molecule has 0 atom stereocenters. The lowest BCUT2D eigenvalue weighted by Gasteiger charge is -2.14. The molecule has 0 saturated heterocycles. The lowest BCUT2D eigenvalue weighted by Crippen LogP contribution is -2.30. The van der Waals surface area contributed by atoms with Gasteiger partial charge in [0.25, 0.3) is 0 Å². The number of nitrogens with one attached hydrogen (secondary N) is 2. The highest BCUT2D eigenvalue weighted by Crippen LogP contribution is 2.35. The molecule has 220 valence electrons. The number of anilines is 1. The summed E-state index contributed by atoms with van der Waals surface area (Å²) in [6, 6.07) is 9.09. The standard InChI is InChI=1S/C24H24ClN5O3.C7H17N/c1-26-23-7-15(13-31)6-20-21(25)9-18(10-22(20)29-23)16-4-5-17(14-32)19(8-16)11-28-30(3)12-24(33)27-2;1-4-6-8(3)7-5-2/h4-6,8-11,13-14H,7,12H2,1-3H3,(H,26,29)(H,27,33);4-7H2,1-3H3/b28-11-;. The lowest BCUT2D eigenvalue weighted by atomic mass is 9.98. The van der Waals surface area contributed by atoms with E-state index in [4.69, 9.17) is 11.6 Å². The highest BCUT2D eigenvalue weighted by Gasteiger charge is 2.17. The lowest BCUT2D eigenvalue weighted by molar-refractivity contribution is -0.121. The van der Waals surface area contributed by atoms with E-state index in [1.807, 2.05) is 24.3 Å². The molecule has 2 aromatic rings. The molecule has 1 amide bonds. The van der Waals surface area contributed by atoms with Crippen LogP contribution in [-0.4, -0.2) is 88.3 Å². The van der Waals surface area contributed by atoms with Crippen molar-refractivity contribution < 1.29 is 14.4 Å². The molecule has 0 aliphatic carbocycles. The van der Waals surface area contributed by atoms with E-state index in [9.17, 15) is 14.4 Å². The number of amides is 1. The Morgan fingerprint density at radius 2 is 1.76 bits per heavy atom. The molecule has 2 aromatic carbocycles. The molecular weight excluding hydrogens is 540 g/mol. The van der Waals surface area contributed by atoms with E-state index < -0.39 is 0 Å². The second kappa shape index (κ2) is 17.1. The Morgan fingerprint density at radius 1 is 1.05 bits per heavy atom. The van der Waals surface area contributed by atoms with Gasteiger partial charge >= 0.3 is 0 Å². The molecule has 1 aliphatic heterocycles. The van der Waals surface area contributed by atoms with Gasteiger partial charge in [0.05, 0.1) is 11.2 Å². The fraction of sp³-hybridized carbons (Fsp3) is 0.387. The minimum Gasteiger partial charge on any atom is -0.358 e. The predicted molar refractivity (Wildman–Crippen MR) is 170 cm³/mol. The molecule has 41 heavy (non-hydrogen) atoms. The Balaban J connectivity index is 0.000000642. The number of fused-ring (bicyclic) bond motifs is 1. The quantitative estimate of drug-likeness (QED) is 0.220. The highest BCUT2D eigenvalue weighted by molar-refractivity contribution is 6.33. The molecule has 1 aliphatic rings. The molecule has 0 aromatic heterocycles. The Kier molecular flexibility index (Phi) is 13.9. The van der Waals surface area contributed by atoms with Crippen LogP contribution in [0.25, 0.3) is 17.2 Å². The zero-order valence-electron chi connectivity index (χ0n) is 24.8. The maximum Gasteiger partial charge on any atom is 0.241 e. The number of nitrogens with zero attached hydrogens (tertiary/aromatic N) is 4. The van der Waals surface area contributed by atoms with Gasteiger partial charge in [0.1, 0.15) is 18.7 Å². The molecule has 0 radical (unpaired) electrons. The molecule has 3 rings (SSSR count). The van der Waals surface area contributed by atoms with Gasteiger partial charge in [-0.05, 0) is 68.4 Å². The van der Waals surface area contributed by atoms with Crippen LogP contribution >= 0.6 is 11.6 Å². The minimum absolute atomic E-state index is 0.0901. The van der Waals surface area contributed by atoms with Gasteiger partial charge in [0.2, 0.25) is 5.91 Å². The van der Waals surface area contributed by atoms with Crippen molar-refractivity contribution in [3.05, 3.63) is 57.6 Å². The number of hydrogen-bond acceptors (Lipinski definition) is 7. The summed E-state index contributed by atoms with van der Waals surface area (Å²) in [5, 5.41) is 12.0. The molecule has 0 saturated carbocycles. The van der Waals surface area contributed by atoms with Crippen molar-refractivity contribution >= 4 is 53.9 Å². The summed E-state index contributed by atoms with van der Waals surface area (Å²) in [5.74, 6) is 0.483. The number of likely N-dealkylation sites (N-methyl/N-ethyl adjacent to an activating group) is 2. The number of aliphatic imine (C=N–C) groups is 1. The highest BCUT2D eigenvalue weighted by atomic mass is 35.5. The van der Waals surface area contributed by atoms with Crippen LogP contribution in [0, 0.1) is 0 Å². The smallest absolute Gasteiger partial charge is 0.241 e. The van der Waals surface area contributed by atoms with Crippen molar-refractivity contribution in [2.75, 3.05) is 53.1 Å². The van der Waals surface area contributed by atoms with Crippen LogP contribution in [0.3, 0.4) is 0 Å². The van der Waals surface area contributed by atoms with Gasteiger partial charge < -0.3 is 15.5 Å². The first-order chi connectivity index (χ1) is 19.7. The number of benzene rings is 2. The number of aldehydes is 2. The van der Waals surface area contributed by atoms with Crippen molar-refractivity contribution in [1.82, 2.24) is 15.2 Å². The second-order valence-electron chi connectivity index (χ2n) is 9.73. The summed E-state index contributed by atoms with van der Waals surface area (Å²) in [7, 11) is 7.06. The van der Waals surface area contributed by atoms with E-state index >= 15 is 0 Å². The van der Waals surface area contributed by atoms with Crippen LogP contribution in [0.15, 0.2) is 46.0 Å². The van der Waals surface area contributed by atoms with Gasteiger partial charge in [-0.1, -0.05) is 37.6 Å². The maximum absolute atomic E-state index is 11.5. The second-order valence-corrected chi connectivity index (χ2v) is 10.1. The van der Waals surface area contributed by atoms with Gasteiger partial charge in [-0.2, -0.15) is 5.10 Å². The number of carbonyl (C=O) groups is 3.